The highest BCUT2D eigenvalue weighted by molar-refractivity contribution is 14.0. The molecule has 1 aliphatic rings. The Morgan fingerprint density at radius 3 is 2.70 bits per heavy atom. The number of nitrogens with zero attached hydrogens (tertiary/aromatic N) is 2. The molecule has 1 unspecified atom stereocenters. The fraction of sp³-hybridized carbons (Fsp3) is 0.364. The average Bonchev–Trinajstić information content (AvgIpc) is 2.75. The molecule has 2 N–H and O–H groups in total. The van der Waals surface area contributed by atoms with Crippen LogP contribution in [0.3, 0.4) is 0 Å². The Balaban J connectivity index is 0.00000320. The summed E-state index contributed by atoms with van der Waals surface area (Å²) in [5.74, 6) is 0.307. The minimum absolute atomic E-state index is 0. The van der Waals surface area contributed by atoms with Crippen LogP contribution in [-0.4, -0.2) is 44.7 Å². The summed E-state index contributed by atoms with van der Waals surface area (Å²) >= 11 is 0. The van der Waals surface area contributed by atoms with Gasteiger partial charge in [0.1, 0.15) is 6.10 Å². The maximum absolute atomic E-state index is 13.7. The van der Waals surface area contributed by atoms with Crippen molar-refractivity contribution in [2.24, 2.45) is 4.99 Å². The molecule has 0 fully saturated rings. The first-order valence-electron chi connectivity index (χ1n) is 9.82. The smallest absolute Gasteiger partial charge is 0.246 e. The van der Waals surface area contributed by atoms with E-state index in [0.717, 1.165) is 25.1 Å². The number of hydrogen-bond donors (Lipinski definition) is 2. The van der Waals surface area contributed by atoms with E-state index < -0.39 is 5.82 Å². The van der Waals surface area contributed by atoms with Gasteiger partial charge in [0, 0.05) is 19.3 Å². The summed E-state index contributed by atoms with van der Waals surface area (Å²) in [5.41, 5.74) is 2.19. The van der Waals surface area contributed by atoms with Crippen LogP contribution in [0.5, 0.6) is 5.75 Å². The van der Waals surface area contributed by atoms with Crippen molar-refractivity contribution in [2.45, 2.75) is 25.9 Å². The first kappa shape index (κ1) is 23.9. The molecule has 2 aromatic rings. The van der Waals surface area contributed by atoms with E-state index >= 15 is 0 Å². The fourth-order valence-corrected chi connectivity index (χ4v) is 3.31. The Kier molecular flexibility index (Phi) is 9.35. The van der Waals surface area contributed by atoms with Crippen LogP contribution < -0.4 is 20.3 Å². The molecule has 6 nitrogen and oxygen atoms in total. The van der Waals surface area contributed by atoms with Gasteiger partial charge in [-0.15, -0.1) is 24.0 Å². The van der Waals surface area contributed by atoms with Gasteiger partial charge in [-0.1, -0.05) is 30.3 Å². The molecule has 162 valence electrons. The summed E-state index contributed by atoms with van der Waals surface area (Å²) < 4.78 is 19.3. The Hall–Kier alpha value is -2.36. The van der Waals surface area contributed by atoms with Crippen LogP contribution in [0.15, 0.2) is 53.5 Å². The minimum atomic E-state index is -0.394. The molecule has 3 rings (SSSR count). The number of guanidine groups is 1. The van der Waals surface area contributed by atoms with Crippen molar-refractivity contribution in [2.75, 3.05) is 31.6 Å². The number of carbonyl (C=O) groups is 1. The highest BCUT2D eigenvalue weighted by Crippen LogP contribution is 2.26. The van der Waals surface area contributed by atoms with E-state index in [4.69, 9.17) is 4.74 Å². The molecule has 8 heteroatoms. The van der Waals surface area contributed by atoms with E-state index in [-0.39, 0.29) is 48.3 Å². The molecule has 0 spiro atoms. The van der Waals surface area contributed by atoms with Gasteiger partial charge in [0.25, 0.3) is 0 Å². The highest BCUT2D eigenvalue weighted by Gasteiger charge is 2.22. The molecule has 30 heavy (non-hydrogen) atoms. The van der Waals surface area contributed by atoms with Gasteiger partial charge < -0.3 is 20.3 Å². The van der Waals surface area contributed by atoms with Gasteiger partial charge in [0.15, 0.2) is 17.5 Å². The van der Waals surface area contributed by atoms with Crippen LogP contribution in [0, 0.1) is 5.82 Å². The van der Waals surface area contributed by atoms with Crippen molar-refractivity contribution in [1.82, 2.24) is 10.6 Å². The molecule has 0 saturated carbocycles. The van der Waals surface area contributed by atoms with Gasteiger partial charge >= 0.3 is 0 Å². The molecular formula is C22H28FIN4O2. The van der Waals surface area contributed by atoms with E-state index in [1.165, 1.54) is 11.6 Å². The zero-order valence-corrected chi connectivity index (χ0v) is 19.6. The summed E-state index contributed by atoms with van der Waals surface area (Å²) in [7, 11) is 1.64. The van der Waals surface area contributed by atoms with Gasteiger partial charge in [0.2, 0.25) is 5.91 Å². The standard InChI is InChI=1S/C22H27FN4O2.HI/c1-16(29-20-12-6-4-10-18(20)23)14-25-22(24-2)26-15-21(28)27-13-7-9-17-8-3-5-11-19(17)27;/h3-6,8,10-12,16H,7,9,13-15H2,1-2H3,(H2,24,25,26);1H. The maximum atomic E-state index is 13.7. The lowest BCUT2D eigenvalue weighted by Gasteiger charge is -2.29. The van der Waals surface area contributed by atoms with E-state index in [0.29, 0.717) is 12.5 Å². The quantitative estimate of drug-likeness (QED) is 0.345. The second kappa shape index (κ2) is 11.7. The van der Waals surface area contributed by atoms with Gasteiger partial charge in [-0.3, -0.25) is 9.79 Å². The molecular weight excluding hydrogens is 498 g/mol. The average molecular weight is 526 g/mol. The molecule has 1 heterocycles. The van der Waals surface area contributed by atoms with Crippen molar-refractivity contribution < 1.29 is 13.9 Å². The summed E-state index contributed by atoms with van der Waals surface area (Å²) in [4.78, 5) is 18.7. The van der Waals surface area contributed by atoms with E-state index in [2.05, 4.69) is 21.7 Å². The first-order valence-corrected chi connectivity index (χ1v) is 9.82. The van der Waals surface area contributed by atoms with E-state index in [1.54, 1.807) is 25.2 Å². The number of ether oxygens (including phenoxy) is 1. The number of carbonyl (C=O) groups excluding carboxylic acids is 1. The molecule has 0 saturated heterocycles. The molecule has 0 radical (unpaired) electrons. The second-order valence-electron chi connectivity index (χ2n) is 6.94. The topological polar surface area (TPSA) is 66.0 Å². The summed E-state index contributed by atoms with van der Waals surface area (Å²) in [6.07, 6.45) is 1.67. The minimum Gasteiger partial charge on any atom is -0.486 e. The summed E-state index contributed by atoms with van der Waals surface area (Å²) in [5, 5.41) is 6.15. The number of halogens is 2. The molecule has 0 aliphatic carbocycles. The number of benzene rings is 2. The zero-order chi connectivity index (χ0) is 20.6. The summed E-state index contributed by atoms with van der Waals surface area (Å²) in [6, 6.07) is 14.3. The Bertz CT molecular complexity index is 878. The van der Waals surface area contributed by atoms with Crippen molar-refractivity contribution in [3.63, 3.8) is 0 Å². The molecule has 1 atom stereocenters. The van der Waals surface area contributed by atoms with Gasteiger partial charge in [-0.2, -0.15) is 0 Å². The van der Waals surface area contributed by atoms with Crippen LogP contribution >= 0.6 is 24.0 Å². The third-order valence-corrected chi connectivity index (χ3v) is 4.76. The predicted octanol–water partition coefficient (Wildman–Crippen LogP) is 3.36. The normalized spacial score (nSPS) is 14.2. The third-order valence-electron chi connectivity index (χ3n) is 4.76. The van der Waals surface area contributed by atoms with Crippen LogP contribution in [-0.2, 0) is 11.2 Å². The predicted molar refractivity (Wildman–Crippen MR) is 128 cm³/mol. The van der Waals surface area contributed by atoms with Gasteiger partial charge in [-0.25, -0.2) is 4.39 Å². The number of fused-ring (bicyclic) bond motifs is 1. The van der Waals surface area contributed by atoms with E-state index in [1.807, 2.05) is 30.0 Å². The molecule has 0 aromatic heterocycles. The number of nitrogens with one attached hydrogen (secondary N) is 2. The number of hydrogen-bond acceptors (Lipinski definition) is 3. The van der Waals surface area contributed by atoms with Gasteiger partial charge in [-0.05, 0) is 43.5 Å². The number of aryl methyl sites for hydroxylation is 1. The SMILES string of the molecule is CN=C(NCC(=O)N1CCCc2ccccc21)NCC(C)Oc1ccccc1F.I. The lowest BCUT2D eigenvalue weighted by molar-refractivity contribution is -0.117. The molecule has 1 amide bonds. The summed E-state index contributed by atoms with van der Waals surface area (Å²) in [6.45, 7) is 3.10. The number of amides is 1. The highest BCUT2D eigenvalue weighted by atomic mass is 127. The van der Waals surface area contributed by atoms with Crippen LogP contribution in [0.4, 0.5) is 10.1 Å². The van der Waals surface area contributed by atoms with Crippen molar-refractivity contribution >= 4 is 41.5 Å². The molecule has 1 aliphatic heterocycles. The largest absolute Gasteiger partial charge is 0.486 e. The third kappa shape index (κ3) is 6.32. The van der Waals surface area contributed by atoms with Crippen LogP contribution in [0.1, 0.15) is 18.9 Å². The molecule has 2 aromatic carbocycles. The number of aliphatic imine (C=N–C) groups is 1. The van der Waals surface area contributed by atoms with Crippen LogP contribution in [0.2, 0.25) is 0 Å². The van der Waals surface area contributed by atoms with Crippen molar-refractivity contribution in [3.8, 4) is 5.75 Å². The number of anilines is 1. The molecule has 0 bridgehead atoms. The van der Waals surface area contributed by atoms with E-state index in [9.17, 15) is 9.18 Å². The Labute approximate surface area is 193 Å². The van der Waals surface area contributed by atoms with Crippen molar-refractivity contribution in [3.05, 3.63) is 59.9 Å². The van der Waals surface area contributed by atoms with Gasteiger partial charge in [0.05, 0.1) is 13.1 Å². The first-order chi connectivity index (χ1) is 14.1. The van der Waals surface area contributed by atoms with Crippen molar-refractivity contribution in [1.29, 1.82) is 0 Å². The maximum Gasteiger partial charge on any atom is 0.246 e. The monoisotopic (exact) mass is 526 g/mol. The zero-order valence-electron chi connectivity index (χ0n) is 17.2. The lowest BCUT2D eigenvalue weighted by atomic mass is 10.0. The number of para-hydroxylation sites is 2. The second-order valence-corrected chi connectivity index (χ2v) is 6.94. The fourth-order valence-electron chi connectivity index (χ4n) is 3.31. The lowest BCUT2D eigenvalue weighted by Crippen LogP contribution is -2.47. The Morgan fingerprint density at radius 2 is 1.93 bits per heavy atom. The number of rotatable bonds is 6. The Morgan fingerprint density at radius 1 is 1.20 bits per heavy atom. The van der Waals surface area contributed by atoms with Crippen LogP contribution in [0.25, 0.3) is 0 Å².